The molecule has 2 unspecified atom stereocenters. The fourth-order valence-corrected chi connectivity index (χ4v) is 1.39. The minimum Gasteiger partial charge on any atom is -0.248 e. The van der Waals surface area contributed by atoms with Crippen molar-refractivity contribution in [2.75, 3.05) is 0 Å². The lowest BCUT2D eigenvalue weighted by Crippen LogP contribution is -2.16. The van der Waals surface area contributed by atoms with E-state index in [1.165, 1.54) is 0 Å². The number of hydrogen-bond acceptors (Lipinski definition) is 2. The van der Waals surface area contributed by atoms with Gasteiger partial charge in [-0.05, 0) is 26.7 Å². The van der Waals surface area contributed by atoms with E-state index in [0.29, 0.717) is 12.0 Å². The molecular weight excluding hydrogens is 198 g/mol. The molecule has 1 aromatic heterocycles. The van der Waals surface area contributed by atoms with Gasteiger partial charge in [0.15, 0.2) is 0 Å². The van der Waals surface area contributed by atoms with Crippen molar-refractivity contribution in [3.63, 3.8) is 0 Å². The molecule has 0 aliphatic carbocycles. The maximum atomic E-state index is 6.02. The molecule has 2 atom stereocenters. The van der Waals surface area contributed by atoms with Crippen LogP contribution < -0.4 is 0 Å². The summed E-state index contributed by atoms with van der Waals surface area (Å²) in [6.45, 7) is 8.36. The third-order valence-electron chi connectivity index (χ3n) is 2.43. The van der Waals surface area contributed by atoms with Crippen LogP contribution in [-0.4, -0.2) is 20.1 Å². The summed E-state index contributed by atoms with van der Waals surface area (Å²) in [5, 5.41) is 4.36. The van der Waals surface area contributed by atoms with Gasteiger partial charge in [0.25, 0.3) is 0 Å². The Morgan fingerprint density at radius 1 is 1.36 bits per heavy atom. The summed E-state index contributed by atoms with van der Waals surface area (Å²) in [4.78, 5) is 4.25. The van der Waals surface area contributed by atoms with Crippen molar-refractivity contribution in [1.29, 1.82) is 0 Å². The quantitative estimate of drug-likeness (QED) is 0.723. The highest BCUT2D eigenvalue weighted by molar-refractivity contribution is 6.20. The van der Waals surface area contributed by atoms with E-state index >= 15 is 0 Å². The fourth-order valence-electron chi connectivity index (χ4n) is 1.30. The number of aromatic nitrogens is 3. The summed E-state index contributed by atoms with van der Waals surface area (Å²) in [5.41, 5.74) is 0. The minimum absolute atomic E-state index is 0.173. The Kier molecular flexibility index (Phi) is 3.93. The van der Waals surface area contributed by atoms with Crippen LogP contribution in [0.1, 0.15) is 39.6 Å². The molecule has 4 heteroatoms. The maximum absolute atomic E-state index is 6.02. The number of hydrogen-bond donors (Lipinski definition) is 0. The van der Waals surface area contributed by atoms with E-state index in [-0.39, 0.29) is 5.38 Å². The van der Waals surface area contributed by atoms with Crippen LogP contribution in [0.2, 0.25) is 0 Å². The van der Waals surface area contributed by atoms with Crippen molar-refractivity contribution in [2.45, 2.75) is 45.5 Å². The molecular formula is C10H18ClN3. The molecule has 80 valence electrons. The molecule has 0 saturated heterocycles. The van der Waals surface area contributed by atoms with Crippen LogP contribution in [0.15, 0.2) is 6.33 Å². The molecule has 14 heavy (non-hydrogen) atoms. The van der Waals surface area contributed by atoms with Crippen LogP contribution >= 0.6 is 11.6 Å². The van der Waals surface area contributed by atoms with Crippen molar-refractivity contribution < 1.29 is 0 Å². The van der Waals surface area contributed by atoms with Gasteiger partial charge in [-0.15, -0.1) is 11.6 Å². The van der Waals surface area contributed by atoms with E-state index in [9.17, 15) is 0 Å². The smallest absolute Gasteiger partial charge is 0.138 e. The molecule has 0 aromatic carbocycles. The Morgan fingerprint density at radius 2 is 2.00 bits per heavy atom. The van der Waals surface area contributed by atoms with Crippen molar-refractivity contribution in [3.05, 3.63) is 12.2 Å². The van der Waals surface area contributed by atoms with Gasteiger partial charge < -0.3 is 0 Å². The molecule has 1 heterocycles. The third kappa shape index (κ3) is 2.71. The van der Waals surface area contributed by atoms with Gasteiger partial charge in [-0.3, -0.25) is 0 Å². The first-order valence-electron chi connectivity index (χ1n) is 5.04. The average Bonchev–Trinajstić information content (AvgIpc) is 2.52. The Morgan fingerprint density at radius 3 is 2.50 bits per heavy atom. The molecule has 0 amide bonds. The fraction of sp³-hybridized carbons (Fsp3) is 0.800. The highest BCUT2D eigenvalue weighted by Gasteiger charge is 2.14. The van der Waals surface area contributed by atoms with Gasteiger partial charge in [0.05, 0.1) is 0 Å². The van der Waals surface area contributed by atoms with Crippen LogP contribution in [0.25, 0.3) is 0 Å². The number of nitrogens with zero attached hydrogens (tertiary/aromatic N) is 3. The van der Waals surface area contributed by atoms with Crippen LogP contribution in [-0.2, 0) is 6.42 Å². The number of halogens is 1. The topological polar surface area (TPSA) is 30.7 Å². The third-order valence-corrected chi connectivity index (χ3v) is 2.86. The van der Waals surface area contributed by atoms with Gasteiger partial charge >= 0.3 is 0 Å². The minimum atomic E-state index is 0.173. The second-order valence-electron chi connectivity index (χ2n) is 4.07. The molecule has 1 aromatic rings. The number of rotatable bonds is 4. The molecule has 1 rings (SSSR count). The molecule has 0 spiro atoms. The van der Waals surface area contributed by atoms with Gasteiger partial charge in [-0.1, -0.05) is 6.92 Å². The average molecular weight is 216 g/mol. The largest absolute Gasteiger partial charge is 0.248 e. The zero-order chi connectivity index (χ0) is 10.7. The van der Waals surface area contributed by atoms with E-state index < -0.39 is 0 Å². The second-order valence-corrected chi connectivity index (χ2v) is 4.76. The first-order valence-corrected chi connectivity index (χ1v) is 5.48. The molecule has 0 bridgehead atoms. The van der Waals surface area contributed by atoms with E-state index in [4.69, 9.17) is 11.6 Å². The van der Waals surface area contributed by atoms with Gasteiger partial charge in [0.1, 0.15) is 12.2 Å². The van der Waals surface area contributed by atoms with Crippen LogP contribution in [0, 0.1) is 5.92 Å². The van der Waals surface area contributed by atoms with E-state index in [2.05, 4.69) is 30.9 Å². The Hall–Kier alpha value is -0.570. The van der Waals surface area contributed by atoms with E-state index in [1.807, 2.05) is 11.6 Å². The predicted molar refractivity (Wildman–Crippen MR) is 58.6 cm³/mol. The Labute approximate surface area is 90.5 Å². The van der Waals surface area contributed by atoms with Gasteiger partial charge in [-0.25, -0.2) is 9.67 Å². The SMILES string of the molecule is CC(Cl)C(C)Cc1ncnn1C(C)C. The second kappa shape index (κ2) is 4.78. The predicted octanol–water partition coefficient (Wildman–Crippen LogP) is 2.66. The maximum Gasteiger partial charge on any atom is 0.138 e. The van der Waals surface area contributed by atoms with Crippen LogP contribution in [0.3, 0.4) is 0 Å². The number of alkyl halides is 1. The van der Waals surface area contributed by atoms with Crippen molar-refractivity contribution in [2.24, 2.45) is 5.92 Å². The standard InChI is InChI=1S/C10H18ClN3/c1-7(2)14-10(12-6-13-14)5-8(3)9(4)11/h6-9H,5H2,1-4H3. The van der Waals surface area contributed by atoms with Gasteiger partial charge in [0, 0.05) is 17.8 Å². The lowest BCUT2D eigenvalue weighted by atomic mass is 10.0. The Bertz CT molecular complexity index is 281. The van der Waals surface area contributed by atoms with Crippen LogP contribution in [0.4, 0.5) is 0 Å². The van der Waals surface area contributed by atoms with Gasteiger partial charge in [-0.2, -0.15) is 5.10 Å². The zero-order valence-corrected chi connectivity index (χ0v) is 9.99. The van der Waals surface area contributed by atoms with E-state index in [0.717, 1.165) is 12.2 Å². The summed E-state index contributed by atoms with van der Waals surface area (Å²) in [7, 11) is 0. The summed E-state index contributed by atoms with van der Waals surface area (Å²) in [6, 6.07) is 0.366. The molecule has 0 N–H and O–H groups in total. The normalized spacial score (nSPS) is 15.9. The molecule has 0 saturated carbocycles. The summed E-state index contributed by atoms with van der Waals surface area (Å²) in [5.74, 6) is 1.46. The van der Waals surface area contributed by atoms with Crippen molar-refractivity contribution in [3.8, 4) is 0 Å². The van der Waals surface area contributed by atoms with Gasteiger partial charge in [0.2, 0.25) is 0 Å². The summed E-state index contributed by atoms with van der Waals surface area (Å²) < 4.78 is 1.95. The van der Waals surface area contributed by atoms with Crippen LogP contribution in [0.5, 0.6) is 0 Å². The first-order chi connectivity index (χ1) is 6.52. The molecule has 0 fully saturated rings. The van der Waals surface area contributed by atoms with E-state index in [1.54, 1.807) is 6.33 Å². The first kappa shape index (κ1) is 11.5. The Balaban J connectivity index is 2.71. The lowest BCUT2D eigenvalue weighted by Gasteiger charge is -2.15. The molecule has 0 aliphatic heterocycles. The summed E-state index contributed by atoms with van der Waals surface area (Å²) in [6.07, 6.45) is 2.50. The highest BCUT2D eigenvalue weighted by atomic mass is 35.5. The van der Waals surface area contributed by atoms with Crippen molar-refractivity contribution >= 4 is 11.6 Å². The summed E-state index contributed by atoms with van der Waals surface area (Å²) >= 11 is 6.02. The molecule has 0 aliphatic rings. The zero-order valence-electron chi connectivity index (χ0n) is 9.24. The molecule has 3 nitrogen and oxygen atoms in total. The lowest BCUT2D eigenvalue weighted by molar-refractivity contribution is 0.468. The molecule has 0 radical (unpaired) electrons. The highest BCUT2D eigenvalue weighted by Crippen LogP contribution is 2.16. The monoisotopic (exact) mass is 215 g/mol. The van der Waals surface area contributed by atoms with Crippen molar-refractivity contribution in [1.82, 2.24) is 14.8 Å².